The Morgan fingerprint density at radius 2 is 0.925 bits per heavy atom. The van der Waals surface area contributed by atoms with E-state index in [0.29, 0.717) is 5.82 Å². The van der Waals surface area contributed by atoms with Crippen molar-refractivity contribution in [3.05, 3.63) is 188 Å². The Balaban J connectivity index is 1.04. The van der Waals surface area contributed by atoms with Crippen LogP contribution in [-0.2, 0) is 0 Å². The Morgan fingerprint density at radius 1 is 0.340 bits per heavy atom. The van der Waals surface area contributed by atoms with Gasteiger partial charge < -0.3 is 0 Å². The van der Waals surface area contributed by atoms with Crippen LogP contribution in [0.4, 0.5) is 0 Å². The van der Waals surface area contributed by atoms with Gasteiger partial charge in [0.2, 0.25) is 0 Å². The number of hydrogen-bond acceptors (Lipinski definition) is 4. The SMILES string of the molecule is c1cncc(-c2cccc(-c3nc(-c4ccc(-c5ccc6ccccc6c5)cc4)cc(-c4ccc(-c5ccc6sc7ccccc7c6c5)cc4)n3)c2)c1. The Kier molecular flexibility index (Phi) is 7.67. The summed E-state index contributed by atoms with van der Waals surface area (Å²) in [7, 11) is 0. The van der Waals surface area contributed by atoms with Crippen molar-refractivity contribution < 1.29 is 0 Å². The molecular weight excluding hydrogens is 663 g/mol. The van der Waals surface area contributed by atoms with Crippen molar-refractivity contribution in [2.24, 2.45) is 0 Å². The van der Waals surface area contributed by atoms with Gasteiger partial charge in [-0.15, -0.1) is 11.3 Å². The molecule has 0 aliphatic carbocycles. The van der Waals surface area contributed by atoms with Crippen molar-refractivity contribution in [3.63, 3.8) is 0 Å². The quantitative estimate of drug-likeness (QED) is 0.174. The van der Waals surface area contributed by atoms with Crippen LogP contribution in [0.1, 0.15) is 0 Å². The lowest BCUT2D eigenvalue weighted by molar-refractivity contribution is 1.18. The second-order valence-corrected chi connectivity index (χ2v) is 14.4. The first-order chi connectivity index (χ1) is 26.2. The average Bonchev–Trinajstić information content (AvgIpc) is 3.62. The second-order valence-electron chi connectivity index (χ2n) is 13.3. The molecule has 4 heteroatoms. The Hall–Kier alpha value is -6.75. The van der Waals surface area contributed by atoms with Crippen LogP contribution in [0, 0.1) is 0 Å². The predicted octanol–water partition coefficient (Wildman–Crippen LogP) is 13.4. The number of aromatic nitrogens is 3. The first-order valence-corrected chi connectivity index (χ1v) is 18.6. The maximum Gasteiger partial charge on any atom is 0.160 e. The van der Waals surface area contributed by atoms with Crippen LogP contribution >= 0.6 is 11.3 Å². The molecule has 10 aromatic rings. The lowest BCUT2D eigenvalue weighted by Gasteiger charge is -2.12. The molecule has 0 unspecified atom stereocenters. The summed E-state index contributed by atoms with van der Waals surface area (Å²) in [5.74, 6) is 0.681. The topological polar surface area (TPSA) is 38.7 Å². The number of nitrogens with zero attached hydrogens (tertiary/aromatic N) is 3. The third-order valence-corrected chi connectivity index (χ3v) is 11.1. The summed E-state index contributed by atoms with van der Waals surface area (Å²) in [6.07, 6.45) is 3.68. The van der Waals surface area contributed by atoms with Gasteiger partial charge in [-0.3, -0.25) is 4.98 Å². The van der Waals surface area contributed by atoms with Gasteiger partial charge in [-0.05, 0) is 81.1 Å². The van der Waals surface area contributed by atoms with Crippen LogP contribution < -0.4 is 0 Å². The molecule has 0 saturated carbocycles. The normalized spacial score (nSPS) is 11.4. The molecule has 3 nitrogen and oxygen atoms in total. The molecule has 0 atom stereocenters. The van der Waals surface area contributed by atoms with Crippen molar-refractivity contribution >= 4 is 42.3 Å². The van der Waals surface area contributed by atoms with Gasteiger partial charge in [0.25, 0.3) is 0 Å². The number of thiophene rings is 1. The van der Waals surface area contributed by atoms with Gasteiger partial charge >= 0.3 is 0 Å². The Bertz CT molecular complexity index is 2930. The van der Waals surface area contributed by atoms with Gasteiger partial charge in [-0.1, -0.05) is 133 Å². The lowest BCUT2D eigenvalue weighted by Crippen LogP contribution is -1.96. The Morgan fingerprint density at radius 3 is 1.68 bits per heavy atom. The highest BCUT2D eigenvalue weighted by molar-refractivity contribution is 7.25. The highest BCUT2D eigenvalue weighted by Crippen LogP contribution is 2.37. The fraction of sp³-hybridized carbons (Fsp3) is 0. The van der Waals surface area contributed by atoms with E-state index in [4.69, 9.17) is 9.97 Å². The minimum Gasteiger partial charge on any atom is -0.264 e. The summed E-state index contributed by atoms with van der Waals surface area (Å²) in [6, 6.07) is 62.6. The van der Waals surface area contributed by atoms with Crippen LogP contribution in [0.2, 0.25) is 0 Å². The average molecular weight is 694 g/mol. The molecule has 10 rings (SSSR count). The Labute approximate surface area is 311 Å². The van der Waals surface area contributed by atoms with E-state index in [9.17, 15) is 0 Å². The van der Waals surface area contributed by atoms with Crippen molar-refractivity contribution in [2.45, 2.75) is 0 Å². The highest BCUT2D eigenvalue weighted by Gasteiger charge is 2.13. The summed E-state index contributed by atoms with van der Waals surface area (Å²) in [6.45, 7) is 0. The van der Waals surface area contributed by atoms with Crippen LogP contribution in [-0.4, -0.2) is 15.0 Å². The highest BCUT2D eigenvalue weighted by atomic mass is 32.1. The molecule has 0 spiro atoms. The van der Waals surface area contributed by atoms with E-state index in [0.717, 1.165) is 39.2 Å². The number of rotatable bonds is 6. The summed E-state index contributed by atoms with van der Waals surface area (Å²) < 4.78 is 2.63. The van der Waals surface area contributed by atoms with E-state index in [1.165, 1.54) is 53.2 Å². The third-order valence-electron chi connectivity index (χ3n) is 10.00. The van der Waals surface area contributed by atoms with E-state index in [1.807, 2.05) is 23.6 Å². The molecule has 7 aromatic carbocycles. The first-order valence-electron chi connectivity index (χ1n) is 17.7. The molecule has 0 fully saturated rings. The zero-order valence-corrected chi connectivity index (χ0v) is 29.5. The standard InChI is InChI=1S/C49H31N3S/c1-2-8-37-27-39(23-18-32(37)7-1)33-14-19-35(20-15-33)45-30-46(52-49(51-45)41-10-5-9-38(28-41)42-11-6-26-50-31-42)36-21-16-34(17-22-36)40-24-25-48-44(29-40)43-12-3-4-13-47(43)53-48/h1-31H. The van der Waals surface area contributed by atoms with Gasteiger partial charge in [0, 0.05) is 54.8 Å². The predicted molar refractivity (Wildman–Crippen MR) is 223 cm³/mol. The smallest absolute Gasteiger partial charge is 0.160 e. The summed E-state index contributed by atoms with van der Waals surface area (Å²) in [5, 5.41) is 5.09. The minimum atomic E-state index is 0.681. The minimum absolute atomic E-state index is 0.681. The summed E-state index contributed by atoms with van der Waals surface area (Å²) >= 11 is 1.85. The maximum absolute atomic E-state index is 5.17. The van der Waals surface area contributed by atoms with Gasteiger partial charge in [0.15, 0.2) is 5.82 Å². The molecule has 0 saturated heterocycles. The zero-order chi connectivity index (χ0) is 35.1. The summed E-state index contributed by atoms with van der Waals surface area (Å²) in [4.78, 5) is 14.7. The van der Waals surface area contributed by atoms with Crippen LogP contribution in [0.25, 0.3) is 98.2 Å². The molecule has 53 heavy (non-hydrogen) atoms. The van der Waals surface area contributed by atoms with E-state index < -0.39 is 0 Å². The number of hydrogen-bond donors (Lipinski definition) is 0. The van der Waals surface area contributed by atoms with Crippen molar-refractivity contribution in [1.29, 1.82) is 0 Å². The zero-order valence-electron chi connectivity index (χ0n) is 28.6. The van der Waals surface area contributed by atoms with Gasteiger partial charge in [-0.25, -0.2) is 9.97 Å². The number of fused-ring (bicyclic) bond motifs is 4. The molecule has 0 N–H and O–H groups in total. The van der Waals surface area contributed by atoms with Crippen molar-refractivity contribution in [2.75, 3.05) is 0 Å². The molecule has 248 valence electrons. The second kappa shape index (κ2) is 13.1. The molecule has 0 radical (unpaired) electrons. The van der Waals surface area contributed by atoms with E-state index in [1.54, 1.807) is 6.20 Å². The fourth-order valence-electron chi connectivity index (χ4n) is 7.18. The largest absolute Gasteiger partial charge is 0.264 e. The molecule has 3 aromatic heterocycles. The van der Waals surface area contributed by atoms with E-state index in [2.05, 4.69) is 175 Å². The first kappa shape index (κ1) is 31.0. The van der Waals surface area contributed by atoms with Crippen molar-refractivity contribution in [1.82, 2.24) is 15.0 Å². The van der Waals surface area contributed by atoms with Crippen LogP contribution in [0.15, 0.2) is 188 Å². The van der Waals surface area contributed by atoms with Crippen LogP contribution in [0.5, 0.6) is 0 Å². The number of pyridine rings is 1. The molecule has 0 aliphatic heterocycles. The number of benzene rings is 7. The third kappa shape index (κ3) is 5.95. The van der Waals surface area contributed by atoms with Crippen LogP contribution in [0.3, 0.4) is 0 Å². The van der Waals surface area contributed by atoms with Gasteiger partial charge in [0.1, 0.15) is 0 Å². The lowest BCUT2D eigenvalue weighted by atomic mass is 9.98. The molecule has 0 aliphatic rings. The van der Waals surface area contributed by atoms with E-state index >= 15 is 0 Å². The maximum atomic E-state index is 5.17. The van der Waals surface area contributed by atoms with Gasteiger partial charge in [0.05, 0.1) is 11.4 Å². The fourth-order valence-corrected chi connectivity index (χ4v) is 8.27. The van der Waals surface area contributed by atoms with Gasteiger partial charge in [-0.2, -0.15) is 0 Å². The molecule has 0 bridgehead atoms. The summed E-state index contributed by atoms with van der Waals surface area (Å²) in [5.41, 5.74) is 11.7. The monoisotopic (exact) mass is 693 g/mol. The molecule has 3 heterocycles. The van der Waals surface area contributed by atoms with E-state index in [-0.39, 0.29) is 0 Å². The molecule has 0 amide bonds. The van der Waals surface area contributed by atoms with Crippen molar-refractivity contribution in [3.8, 4) is 67.3 Å². The molecular formula is C49H31N3S.